The lowest BCUT2D eigenvalue weighted by atomic mass is 10.3. The maximum atomic E-state index is 11.8. The van der Waals surface area contributed by atoms with E-state index in [4.69, 9.17) is 0 Å². The van der Waals surface area contributed by atoms with Crippen LogP contribution >= 0.6 is 11.3 Å². The Labute approximate surface area is 108 Å². The molecule has 0 unspecified atom stereocenters. The number of carbonyl (C=O) groups excluding carboxylic acids is 1. The summed E-state index contributed by atoms with van der Waals surface area (Å²) in [5.74, 6) is 0.0549. The summed E-state index contributed by atoms with van der Waals surface area (Å²) >= 11 is 1.56. The van der Waals surface area contributed by atoms with E-state index in [2.05, 4.69) is 15.1 Å². The molecule has 0 atom stereocenters. The van der Waals surface area contributed by atoms with Crippen molar-refractivity contribution < 1.29 is 4.79 Å². The summed E-state index contributed by atoms with van der Waals surface area (Å²) in [4.78, 5) is 21.0. The molecule has 0 saturated carbocycles. The minimum Gasteiger partial charge on any atom is -0.265 e. The number of hydrazone groups is 1. The highest BCUT2D eigenvalue weighted by Gasteiger charge is 2.32. The molecule has 0 spiro atoms. The van der Waals surface area contributed by atoms with Crippen molar-refractivity contribution in [1.82, 2.24) is 5.01 Å². The van der Waals surface area contributed by atoms with Crippen LogP contribution in [0.5, 0.6) is 0 Å². The standard InChI is InChI=1S/C12H10N4OS/c1-7-8(2)15-16-10(6-9-4-3-5-18-9)11(17)14-12(16)13-7/h3-6H,1-2H3. The molecule has 18 heavy (non-hydrogen) atoms. The van der Waals surface area contributed by atoms with E-state index in [1.807, 2.05) is 31.4 Å². The molecule has 3 heterocycles. The maximum Gasteiger partial charge on any atom is 0.299 e. The zero-order chi connectivity index (χ0) is 12.7. The molecule has 5 nitrogen and oxygen atoms in total. The third kappa shape index (κ3) is 1.70. The SMILES string of the molecule is CC1=NC2=NC(=O)C(=Cc3cccs3)N2N=C1C. The van der Waals surface area contributed by atoms with Crippen molar-refractivity contribution in [1.29, 1.82) is 0 Å². The number of nitrogens with zero attached hydrogens (tertiary/aromatic N) is 4. The van der Waals surface area contributed by atoms with Gasteiger partial charge in [0.05, 0.1) is 11.4 Å². The molecule has 2 aliphatic rings. The van der Waals surface area contributed by atoms with Crippen molar-refractivity contribution in [2.24, 2.45) is 15.1 Å². The van der Waals surface area contributed by atoms with Crippen LogP contribution in [0.4, 0.5) is 0 Å². The zero-order valence-corrected chi connectivity index (χ0v) is 10.7. The fourth-order valence-electron chi connectivity index (χ4n) is 1.65. The van der Waals surface area contributed by atoms with Crippen molar-refractivity contribution in [2.45, 2.75) is 13.8 Å². The third-order valence-electron chi connectivity index (χ3n) is 2.70. The van der Waals surface area contributed by atoms with Gasteiger partial charge in [0, 0.05) is 4.88 Å². The highest BCUT2D eigenvalue weighted by Crippen LogP contribution is 2.24. The molecular weight excluding hydrogens is 248 g/mol. The molecular formula is C12H10N4OS. The molecule has 90 valence electrons. The average Bonchev–Trinajstić information content (AvgIpc) is 2.92. The number of guanidine groups is 1. The topological polar surface area (TPSA) is 57.4 Å². The van der Waals surface area contributed by atoms with Crippen molar-refractivity contribution in [3.63, 3.8) is 0 Å². The highest BCUT2D eigenvalue weighted by molar-refractivity contribution is 7.10. The normalized spacial score (nSPS) is 20.8. The Morgan fingerprint density at radius 3 is 2.83 bits per heavy atom. The van der Waals surface area contributed by atoms with Gasteiger partial charge in [0.2, 0.25) is 0 Å². The second-order valence-electron chi connectivity index (χ2n) is 3.96. The predicted molar refractivity (Wildman–Crippen MR) is 72.8 cm³/mol. The summed E-state index contributed by atoms with van der Waals surface area (Å²) in [6.45, 7) is 3.71. The number of hydrogen-bond acceptors (Lipinski definition) is 5. The summed E-state index contributed by atoms with van der Waals surface area (Å²) in [5, 5.41) is 7.80. The number of fused-ring (bicyclic) bond motifs is 1. The van der Waals surface area contributed by atoms with E-state index >= 15 is 0 Å². The van der Waals surface area contributed by atoms with Crippen LogP contribution in [0.15, 0.2) is 38.3 Å². The van der Waals surface area contributed by atoms with Gasteiger partial charge in [0.15, 0.2) is 0 Å². The molecule has 1 amide bonds. The second kappa shape index (κ2) is 3.99. The number of hydrogen-bond donors (Lipinski definition) is 0. The van der Waals surface area contributed by atoms with Gasteiger partial charge in [-0.2, -0.15) is 15.1 Å². The van der Waals surface area contributed by atoms with Crippen LogP contribution in [-0.4, -0.2) is 28.3 Å². The largest absolute Gasteiger partial charge is 0.299 e. The fourth-order valence-corrected chi connectivity index (χ4v) is 2.30. The van der Waals surface area contributed by atoms with Gasteiger partial charge >= 0.3 is 0 Å². The highest BCUT2D eigenvalue weighted by atomic mass is 32.1. The molecule has 6 heteroatoms. The first-order valence-corrected chi connectivity index (χ1v) is 6.32. The molecule has 3 rings (SSSR count). The number of carbonyl (C=O) groups is 1. The Balaban J connectivity index is 2.04. The first-order valence-electron chi connectivity index (χ1n) is 5.44. The number of aliphatic imine (C=N–C) groups is 2. The average molecular weight is 258 g/mol. The van der Waals surface area contributed by atoms with E-state index in [9.17, 15) is 4.79 Å². The third-order valence-corrected chi connectivity index (χ3v) is 3.52. The number of rotatable bonds is 1. The number of thiophene rings is 1. The predicted octanol–water partition coefficient (Wildman–Crippen LogP) is 2.14. The molecule has 0 aromatic carbocycles. The van der Waals surface area contributed by atoms with Gasteiger partial charge in [-0.3, -0.25) is 4.79 Å². The van der Waals surface area contributed by atoms with E-state index in [1.165, 1.54) is 5.01 Å². The van der Waals surface area contributed by atoms with E-state index in [0.717, 1.165) is 16.3 Å². The molecule has 2 aliphatic heterocycles. The molecule has 1 aromatic rings. The van der Waals surface area contributed by atoms with Crippen molar-refractivity contribution in [3.8, 4) is 0 Å². The summed E-state index contributed by atoms with van der Waals surface area (Å²) in [6.07, 6.45) is 1.79. The van der Waals surface area contributed by atoms with Gasteiger partial charge < -0.3 is 0 Å². The monoisotopic (exact) mass is 258 g/mol. The molecule has 0 aliphatic carbocycles. The van der Waals surface area contributed by atoms with Gasteiger partial charge in [-0.15, -0.1) is 11.3 Å². The van der Waals surface area contributed by atoms with Gasteiger partial charge in [-0.25, -0.2) is 4.99 Å². The van der Waals surface area contributed by atoms with Gasteiger partial charge in [-0.1, -0.05) is 6.07 Å². The van der Waals surface area contributed by atoms with Crippen LogP contribution in [0.2, 0.25) is 0 Å². The van der Waals surface area contributed by atoms with Crippen molar-refractivity contribution in [3.05, 3.63) is 28.1 Å². The van der Waals surface area contributed by atoms with Crippen LogP contribution in [0.3, 0.4) is 0 Å². The van der Waals surface area contributed by atoms with Crippen molar-refractivity contribution >= 4 is 40.7 Å². The lowest BCUT2D eigenvalue weighted by Crippen LogP contribution is -2.28. The lowest BCUT2D eigenvalue weighted by Gasteiger charge is -2.18. The Kier molecular flexibility index (Phi) is 2.45. The van der Waals surface area contributed by atoms with Crippen LogP contribution in [0, 0.1) is 0 Å². The Bertz CT molecular complexity index is 637. The van der Waals surface area contributed by atoms with E-state index < -0.39 is 0 Å². The van der Waals surface area contributed by atoms with Crippen molar-refractivity contribution in [2.75, 3.05) is 0 Å². The lowest BCUT2D eigenvalue weighted by molar-refractivity contribution is -0.114. The fraction of sp³-hybridized carbons (Fsp3) is 0.167. The van der Waals surface area contributed by atoms with E-state index in [0.29, 0.717) is 11.7 Å². The minimum atomic E-state index is -0.298. The molecule has 0 saturated heterocycles. The van der Waals surface area contributed by atoms with Gasteiger partial charge in [-0.05, 0) is 31.4 Å². The first-order chi connectivity index (χ1) is 8.65. The maximum absolute atomic E-state index is 11.8. The van der Waals surface area contributed by atoms with Crippen LogP contribution in [0.1, 0.15) is 18.7 Å². The second-order valence-corrected chi connectivity index (χ2v) is 4.94. The summed E-state index contributed by atoms with van der Waals surface area (Å²) in [5.41, 5.74) is 2.03. The summed E-state index contributed by atoms with van der Waals surface area (Å²) in [6, 6.07) is 3.88. The van der Waals surface area contributed by atoms with Crippen LogP contribution < -0.4 is 0 Å². The molecule has 0 radical (unpaired) electrons. The van der Waals surface area contributed by atoms with Gasteiger partial charge in [0.25, 0.3) is 11.9 Å². The molecule has 0 N–H and O–H groups in total. The first kappa shape index (κ1) is 11.0. The number of amides is 1. The van der Waals surface area contributed by atoms with Gasteiger partial charge in [0.1, 0.15) is 5.70 Å². The quantitative estimate of drug-likeness (QED) is 0.725. The van der Waals surface area contributed by atoms with Crippen LogP contribution in [0.25, 0.3) is 6.08 Å². The minimum absolute atomic E-state index is 0.298. The Morgan fingerprint density at radius 2 is 2.11 bits per heavy atom. The summed E-state index contributed by atoms with van der Waals surface area (Å²) < 4.78 is 0. The zero-order valence-electron chi connectivity index (χ0n) is 9.91. The van der Waals surface area contributed by atoms with Crippen LogP contribution in [-0.2, 0) is 4.79 Å². The summed E-state index contributed by atoms with van der Waals surface area (Å²) in [7, 11) is 0. The molecule has 0 fully saturated rings. The Morgan fingerprint density at radius 1 is 1.28 bits per heavy atom. The van der Waals surface area contributed by atoms with E-state index in [-0.39, 0.29) is 5.91 Å². The Hall–Kier alpha value is -2.08. The smallest absolute Gasteiger partial charge is 0.265 e. The molecule has 1 aromatic heterocycles. The molecule has 0 bridgehead atoms. The van der Waals surface area contributed by atoms with E-state index in [1.54, 1.807) is 17.4 Å².